The SMILES string of the molecule is CC(C)=C(N=C=S)c1ccccc1. The largest absolute Gasteiger partial charge is 0.194 e. The van der Waals surface area contributed by atoms with E-state index in [1.165, 1.54) is 0 Å². The van der Waals surface area contributed by atoms with Crippen LogP contribution >= 0.6 is 12.2 Å². The lowest BCUT2D eigenvalue weighted by Crippen LogP contribution is -1.82. The Bertz CT molecular complexity index is 355. The van der Waals surface area contributed by atoms with Crippen LogP contribution in [-0.2, 0) is 0 Å². The molecular formula is C11H11NS. The molecule has 0 fully saturated rings. The molecular weight excluding hydrogens is 178 g/mol. The van der Waals surface area contributed by atoms with Gasteiger partial charge < -0.3 is 0 Å². The van der Waals surface area contributed by atoms with Crippen LogP contribution in [0.1, 0.15) is 19.4 Å². The van der Waals surface area contributed by atoms with Gasteiger partial charge >= 0.3 is 0 Å². The van der Waals surface area contributed by atoms with Crippen molar-refractivity contribution in [3.63, 3.8) is 0 Å². The zero-order valence-electron chi connectivity index (χ0n) is 7.74. The first-order valence-electron chi connectivity index (χ1n) is 4.06. The van der Waals surface area contributed by atoms with Gasteiger partial charge in [0.25, 0.3) is 0 Å². The van der Waals surface area contributed by atoms with Crippen molar-refractivity contribution in [1.82, 2.24) is 0 Å². The quantitative estimate of drug-likeness (QED) is 0.512. The maximum Gasteiger partial charge on any atom is 0.0798 e. The number of nitrogens with zero attached hydrogens (tertiary/aromatic N) is 1. The summed E-state index contributed by atoms with van der Waals surface area (Å²) in [6.07, 6.45) is 0. The van der Waals surface area contributed by atoms with Crippen LogP contribution in [0.5, 0.6) is 0 Å². The van der Waals surface area contributed by atoms with Gasteiger partial charge in [-0.25, -0.2) is 0 Å². The fourth-order valence-electron chi connectivity index (χ4n) is 1.11. The predicted octanol–water partition coefficient (Wildman–Crippen LogP) is 3.54. The van der Waals surface area contributed by atoms with Gasteiger partial charge in [0.15, 0.2) is 0 Å². The lowest BCUT2D eigenvalue weighted by atomic mass is 10.1. The van der Waals surface area contributed by atoms with E-state index in [1.807, 2.05) is 44.2 Å². The van der Waals surface area contributed by atoms with Crippen LogP contribution in [0.25, 0.3) is 5.70 Å². The molecule has 66 valence electrons. The molecule has 0 radical (unpaired) electrons. The number of hydrogen-bond acceptors (Lipinski definition) is 2. The number of rotatable bonds is 2. The lowest BCUT2D eigenvalue weighted by molar-refractivity contribution is 1.34. The molecule has 0 bridgehead atoms. The summed E-state index contributed by atoms with van der Waals surface area (Å²) in [4.78, 5) is 4.04. The first kappa shape index (κ1) is 9.85. The van der Waals surface area contributed by atoms with Gasteiger partial charge in [0.2, 0.25) is 0 Å². The fraction of sp³-hybridized carbons (Fsp3) is 0.182. The van der Waals surface area contributed by atoms with Crippen molar-refractivity contribution in [3.05, 3.63) is 41.5 Å². The number of isothiocyanates is 1. The van der Waals surface area contributed by atoms with Crippen molar-refractivity contribution in [3.8, 4) is 0 Å². The van der Waals surface area contributed by atoms with E-state index in [0.717, 1.165) is 16.8 Å². The Kier molecular flexibility index (Phi) is 3.56. The Balaban J connectivity index is 3.19. The van der Waals surface area contributed by atoms with Crippen molar-refractivity contribution >= 4 is 23.1 Å². The molecule has 1 nitrogen and oxygen atoms in total. The molecule has 1 rings (SSSR count). The molecule has 2 heteroatoms. The summed E-state index contributed by atoms with van der Waals surface area (Å²) in [7, 11) is 0. The van der Waals surface area contributed by atoms with Crippen LogP contribution in [0.3, 0.4) is 0 Å². The molecule has 13 heavy (non-hydrogen) atoms. The molecule has 0 aliphatic carbocycles. The summed E-state index contributed by atoms with van der Waals surface area (Å²) < 4.78 is 0. The third-order valence-corrected chi connectivity index (χ3v) is 1.77. The van der Waals surface area contributed by atoms with E-state index < -0.39 is 0 Å². The van der Waals surface area contributed by atoms with Crippen molar-refractivity contribution in [2.45, 2.75) is 13.8 Å². The minimum Gasteiger partial charge on any atom is -0.194 e. The first-order valence-corrected chi connectivity index (χ1v) is 4.47. The van der Waals surface area contributed by atoms with Crippen LogP contribution in [0.2, 0.25) is 0 Å². The highest BCUT2D eigenvalue weighted by Gasteiger charge is 1.99. The Morgan fingerprint density at radius 2 is 1.85 bits per heavy atom. The smallest absolute Gasteiger partial charge is 0.0798 e. The van der Waals surface area contributed by atoms with Crippen LogP contribution < -0.4 is 0 Å². The zero-order chi connectivity index (χ0) is 9.68. The summed E-state index contributed by atoms with van der Waals surface area (Å²) in [6.45, 7) is 4.02. The minimum absolute atomic E-state index is 0.913. The van der Waals surface area contributed by atoms with Gasteiger partial charge in [0.05, 0.1) is 10.9 Å². The molecule has 1 aromatic carbocycles. The summed E-state index contributed by atoms with van der Waals surface area (Å²) in [5, 5.41) is 2.40. The molecule has 0 saturated heterocycles. The van der Waals surface area contributed by atoms with Gasteiger partial charge in [0, 0.05) is 5.56 Å². The van der Waals surface area contributed by atoms with Gasteiger partial charge in [0.1, 0.15) is 0 Å². The molecule has 0 unspecified atom stereocenters. The Hall–Kier alpha value is -1.24. The molecule has 1 aromatic rings. The Labute approximate surface area is 83.8 Å². The zero-order valence-corrected chi connectivity index (χ0v) is 8.56. The molecule has 0 aliphatic heterocycles. The van der Waals surface area contributed by atoms with E-state index in [2.05, 4.69) is 22.4 Å². The van der Waals surface area contributed by atoms with Gasteiger partial charge in [-0.1, -0.05) is 30.3 Å². The summed E-state index contributed by atoms with van der Waals surface area (Å²) in [5.74, 6) is 0. The molecule has 0 aliphatic rings. The average Bonchev–Trinajstić information content (AvgIpc) is 2.15. The Morgan fingerprint density at radius 3 is 2.31 bits per heavy atom. The molecule has 0 amide bonds. The summed E-state index contributed by atoms with van der Waals surface area (Å²) in [5.41, 5.74) is 3.14. The van der Waals surface area contributed by atoms with Crippen LogP contribution in [0, 0.1) is 0 Å². The van der Waals surface area contributed by atoms with E-state index in [9.17, 15) is 0 Å². The minimum atomic E-state index is 0.913. The highest BCUT2D eigenvalue weighted by atomic mass is 32.1. The van der Waals surface area contributed by atoms with Crippen molar-refractivity contribution in [2.24, 2.45) is 4.99 Å². The highest BCUT2D eigenvalue weighted by Crippen LogP contribution is 2.18. The highest BCUT2D eigenvalue weighted by molar-refractivity contribution is 7.78. The second-order valence-corrected chi connectivity index (χ2v) is 3.10. The monoisotopic (exact) mass is 189 g/mol. The topological polar surface area (TPSA) is 12.4 Å². The van der Waals surface area contributed by atoms with Gasteiger partial charge in [-0.15, -0.1) is 0 Å². The van der Waals surface area contributed by atoms with Gasteiger partial charge in [-0.05, 0) is 31.6 Å². The van der Waals surface area contributed by atoms with Crippen LogP contribution in [0.15, 0.2) is 40.9 Å². The fourth-order valence-corrected chi connectivity index (χ4v) is 1.20. The van der Waals surface area contributed by atoms with Gasteiger partial charge in [-0.3, -0.25) is 0 Å². The molecule has 0 aromatic heterocycles. The molecule has 0 saturated carbocycles. The molecule has 0 atom stereocenters. The Morgan fingerprint density at radius 1 is 1.23 bits per heavy atom. The van der Waals surface area contributed by atoms with E-state index in [-0.39, 0.29) is 0 Å². The number of benzene rings is 1. The summed E-state index contributed by atoms with van der Waals surface area (Å²) in [6, 6.07) is 9.97. The third kappa shape index (κ3) is 2.62. The number of aliphatic imine (C=N–C) groups is 1. The first-order chi connectivity index (χ1) is 6.25. The normalized spacial score (nSPS) is 8.77. The van der Waals surface area contributed by atoms with Crippen LogP contribution in [0.4, 0.5) is 0 Å². The van der Waals surface area contributed by atoms with Crippen molar-refractivity contribution in [2.75, 3.05) is 0 Å². The lowest BCUT2D eigenvalue weighted by Gasteiger charge is -2.01. The number of allylic oxidation sites excluding steroid dienone is 1. The average molecular weight is 189 g/mol. The van der Waals surface area contributed by atoms with Crippen molar-refractivity contribution in [1.29, 1.82) is 0 Å². The second-order valence-electron chi connectivity index (χ2n) is 2.92. The van der Waals surface area contributed by atoms with Crippen molar-refractivity contribution < 1.29 is 0 Å². The van der Waals surface area contributed by atoms with Crippen LogP contribution in [-0.4, -0.2) is 5.16 Å². The third-order valence-electron chi connectivity index (χ3n) is 1.68. The van der Waals surface area contributed by atoms with E-state index in [4.69, 9.17) is 0 Å². The number of thiocarbonyl (C=S) groups is 1. The van der Waals surface area contributed by atoms with E-state index >= 15 is 0 Å². The van der Waals surface area contributed by atoms with E-state index in [0.29, 0.717) is 0 Å². The summed E-state index contributed by atoms with van der Waals surface area (Å²) >= 11 is 4.60. The maximum absolute atomic E-state index is 4.60. The second kappa shape index (κ2) is 4.70. The molecule has 0 spiro atoms. The van der Waals surface area contributed by atoms with E-state index in [1.54, 1.807) is 0 Å². The standard InChI is InChI=1S/C11H11NS/c1-9(2)11(12-8-13)10-6-4-3-5-7-10/h3-7H,1-2H3. The molecule has 0 heterocycles. The maximum atomic E-state index is 4.60. The number of hydrogen-bond donors (Lipinski definition) is 0. The molecule has 0 N–H and O–H groups in total. The predicted molar refractivity (Wildman–Crippen MR) is 59.7 cm³/mol. The van der Waals surface area contributed by atoms with Gasteiger partial charge in [-0.2, -0.15) is 4.99 Å².